The van der Waals surface area contributed by atoms with Gasteiger partial charge >= 0.3 is 5.97 Å². The van der Waals surface area contributed by atoms with Gasteiger partial charge in [-0.15, -0.1) is 0 Å². The second-order valence-corrected chi connectivity index (χ2v) is 4.23. The first-order valence-electron chi connectivity index (χ1n) is 4.70. The highest BCUT2D eigenvalue weighted by atomic mass is 16.4. The molecule has 5 heteroatoms. The number of aromatic hydroxyl groups is 2. The van der Waals surface area contributed by atoms with Gasteiger partial charge in [-0.1, -0.05) is 13.8 Å². The number of aliphatic hydroxyl groups is 1. The number of carboxylic acids is 1. The van der Waals surface area contributed by atoms with Gasteiger partial charge in [-0.05, 0) is 6.07 Å². The Morgan fingerprint density at radius 3 is 2.25 bits per heavy atom. The maximum absolute atomic E-state index is 10.8. The molecule has 0 amide bonds. The van der Waals surface area contributed by atoms with Crippen LogP contribution in [-0.4, -0.2) is 33.0 Å². The first-order chi connectivity index (χ1) is 7.29. The zero-order valence-corrected chi connectivity index (χ0v) is 9.06. The molecule has 0 aliphatic rings. The van der Waals surface area contributed by atoms with Crippen molar-refractivity contribution in [3.05, 3.63) is 23.3 Å². The van der Waals surface area contributed by atoms with Gasteiger partial charge < -0.3 is 20.4 Å². The smallest absolute Gasteiger partial charge is 0.339 e. The van der Waals surface area contributed by atoms with E-state index in [2.05, 4.69) is 0 Å². The van der Waals surface area contributed by atoms with Gasteiger partial charge in [0.1, 0.15) is 17.1 Å². The molecule has 0 saturated carbocycles. The summed E-state index contributed by atoms with van der Waals surface area (Å²) in [6.07, 6.45) is 0. The Morgan fingerprint density at radius 2 is 1.81 bits per heavy atom. The minimum Gasteiger partial charge on any atom is -0.508 e. The molecule has 1 aromatic carbocycles. The van der Waals surface area contributed by atoms with Crippen LogP contribution >= 0.6 is 0 Å². The van der Waals surface area contributed by atoms with E-state index < -0.39 is 17.1 Å². The third kappa shape index (κ3) is 2.09. The van der Waals surface area contributed by atoms with Crippen LogP contribution in [0.4, 0.5) is 0 Å². The third-order valence-corrected chi connectivity index (χ3v) is 2.47. The lowest BCUT2D eigenvalue weighted by Gasteiger charge is -2.23. The lowest BCUT2D eigenvalue weighted by molar-refractivity contribution is 0.0693. The molecular formula is C11H14O5. The molecule has 0 saturated heterocycles. The van der Waals surface area contributed by atoms with Crippen molar-refractivity contribution in [2.45, 2.75) is 19.3 Å². The van der Waals surface area contributed by atoms with Crippen LogP contribution in [0.2, 0.25) is 0 Å². The van der Waals surface area contributed by atoms with Crippen molar-refractivity contribution in [3.8, 4) is 11.5 Å². The normalized spacial score (nSPS) is 11.4. The van der Waals surface area contributed by atoms with Gasteiger partial charge in [0.05, 0.1) is 6.61 Å². The summed E-state index contributed by atoms with van der Waals surface area (Å²) in [6.45, 7) is 3.07. The van der Waals surface area contributed by atoms with E-state index in [4.69, 9.17) is 10.2 Å². The summed E-state index contributed by atoms with van der Waals surface area (Å²) < 4.78 is 0. The van der Waals surface area contributed by atoms with Crippen LogP contribution in [0.15, 0.2) is 12.1 Å². The van der Waals surface area contributed by atoms with Crippen molar-refractivity contribution in [1.29, 1.82) is 0 Å². The van der Waals surface area contributed by atoms with E-state index in [1.54, 1.807) is 13.8 Å². The van der Waals surface area contributed by atoms with Gasteiger partial charge in [-0.25, -0.2) is 4.79 Å². The summed E-state index contributed by atoms with van der Waals surface area (Å²) in [5.74, 6) is -2.02. The second-order valence-electron chi connectivity index (χ2n) is 4.23. The van der Waals surface area contributed by atoms with Crippen LogP contribution in [0.3, 0.4) is 0 Å². The molecule has 0 bridgehead atoms. The van der Waals surface area contributed by atoms with Crippen LogP contribution in [0.5, 0.6) is 11.5 Å². The number of hydrogen-bond acceptors (Lipinski definition) is 4. The van der Waals surface area contributed by atoms with E-state index in [1.807, 2.05) is 0 Å². The number of aromatic carboxylic acids is 1. The van der Waals surface area contributed by atoms with E-state index in [9.17, 15) is 15.0 Å². The van der Waals surface area contributed by atoms with Crippen molar-refractivity contribution in [3.63, 3.8) is 0 Å². The molecule has 0 radical (unpaired) electrons. The fourth-order valence-corrected chi connectivity index (χ4v) is 1.38. The van der Waals surface area contributed by atoms with Crippen molar-refractivity contribution in [2.24, 2.45) is 0 Å². The molecule has 5 nitrogen and oxygen atoms in total. The van der Waals surface area contributed by atoms with Crippen molar-refractivity contribution < 1.29 is 25.2 Å². The molecule has 0 aliphatic carbocycles. The molecule has 0 aromatic heterocycles. The summed E-state index contributed by atoms with van der Waals surface area (Å²) in [4.78, 5) is 10.8. The summed E-state index contributed by atoms with van der Waals surface area (Å²) in [6, 6.07) is 2.14. The number of carboxylic acid groups (broad SMARTS) is 1. The Kier molecular flexibility index (Phi) is 3.09. The zero-order valence-electron chi connectivity index (χ0n) is 9.06. The van der Waals surface area contributed by atoms with Crippen LogP contribution in [-0.2, 0) is 5.41 Å². The Bertz CT molecular complexity index is 423. The number of aliphatic hydroxyl groups excluding tert-OH is 1. The largest absolute Gasteiger partial charge is 0.508 e. The van der Waals surface area contributed by atoms with Crippen LogP contribution in [0, 0.1) is 0 Å². The van der Waals surface area contributed by atoms with Gasteiger partial charge in [0.2, 0.25) is 0 Å². The lowest BCUT2D eigenvalue weighted by atomic mass is 9.84. The first kappa shape index (κ1) is 12.3. The summed E-state index contributed by atoms with van der Waals surface area (Å²) in [5, 5.41) is 36.9. The Hall–Kier alpha value is -1.75. The maximum atomic E-state index is 10.8. The molecule has 16 heavy (non-hydrogen) atoms. The van der Waals surface area contributed by atoms with Crippen LogP contribution in [0.25, 0.3) is 0 Å². The molecular weight excluding hydrogens is 212 g/mol. The summed E-state index contributed by atoms with van der Waals surface area (Å²) >= 11 is 0. The Labute approximate surface area is 92.6 Å². The van der Waals surface area contributed by atoms with E-state index in [-0.39, 0.29) is 23.5 Å². The Balaban J connectivity index is 3.42. The fraction of sp³-hybridized carbons (Fsp3) is 0.364. The van der Waals surface area contributed by atoms with E-state index in [0.29, 0.717) is 0 Å². The SMILES string of the molecule is CC(C)(CO)c1cc(C(=O)O)c(O)cc1O. The molecule has 1 aromatic rings. The van der Waals surface area contributed by atoms with Crippen LogP contribution < -0.4 is 0 Å². The number of benzene rings is 1. The molecule has 0 heterocycles. The highest BCUT2D eigenvalue weighted by Crippen LogP contribution is 2.35. The average Bonchev–Trinajstić information content (AvgIpc) is 2.16. The standard InChI is InChI=1S/C11H14O5/c1-11(2,5-12)7-3-6(10(15)16)8(13)4-9(7)14/h3-4,12-14H,5H2,1-2H3,(H,15,16). The molecule has 0 aliphatic heterocycles. The van der Waals surface area contributed by atoms with Gasteiger partial charge in [0.15, 0.2) is 0 Å². The van der Waals surface area contributed by atoms with E-state index >= 15 is 0 Å². The lowest BCUT2D eigenvalue weighted by Crippen LogP contribution is -2.22. The second kappa shape index (κ2) is 4.02. The number of phenols is 2. The first-order valence-corrected chi connectivity index (χ1v) is 4.70. The minimum absolute atomic E-state index is 0.235. The van der Waals surface area contributed by atoms with Crippen molar-refractivity contribution in [2.75, 3.05) is 6.61 Å². The molecule has 4 N–H and O–H groups in total. The van der Waals surface area contributed by atoms with Crippen molar-refractivity contribution in [1.82, 2.24) is 0 Å². The number of hydrogen-bond donors (Lipinski definition) is 4. The van der Waals surface area contributed by atoms with Gasteiger partial charge in [-0.2, -0.15) is 0 Å². The molecule has 88 valence electrons. The average molecular weight is 226 g/mol. The predicted octanol–water partition coefficient (Wildman–Crippen LogP) is 1.07. The topological polar surface area (TPSA) is 98.0 Å². The monoisotopic (exact) mass is 226 g/mol. The van der Waals surface area contributed by atoms with Gasteiger partial charge in [-0.3, -0.25) is 0 Å². The maximum Gasteiger partial charge on any atom is 0.339 e. The highest BCUT2D eigenvalue weighted by molar-refractivity contribution is 5.91. The van der Waals surface area contributed by atoms with E-state index in [0.717, 1.165) is 6.07 Å². The summed E-state index contributed by atoms with van der Waals surface area (Å²) in [5.41, 5.74) is -0.790. The van der Waals surface area contributed by atoms with Crippen LogP contribution in [0.1, 0.15) is 29.8 Å². The molecule has 0 atom stereocenters. The summed E-state index contributed by atoms with van der Waals surface area (Å²) in [7, 11) is 0. The van der Waals surface area contributed by atoms with Crippen molar-refractivity contribution >= 4 is 5.97 Å². The third-order valence-electron chi connectivity index (χ3n) is 2.47. The minimum atomic E-state index is -1.28. The number of carbonyl (C=O) groups is 1. The fourth-order valence-electron chi connectivity index (χ4n) is 1.38. The molecule has 0 fully saturated rings. The molecule has 0 spiro atoms. The van der Waals surface area contributed by atoms with Gasteiger partial charge in [0.25, 0.3) is 0 Å². The number of phenolic OH excluding ortho intramolecular Hbond substituents is 1. The Morgan fingerprint density at radius 1 is 1.25 bits per heavy atom. The molecule has 0 unspecified atom stereocenters. The highest BCUT2D eigenvalue weighted by Gasteiger charge is 2.26. The zero-order chi connectivity index (χ0) is 12.5. The van der Waals surface area contributed by atoms with E-state index in [1.165, 1.54) is 6.07 Å². The van der Waals surface area contributed by atoms with Gasteiger partial charge in [0, 0.05) is 17.0 Å². The number of rotatable bonds is 3. The predicted molar refractivity (Wildman–Crippen MR) is 56.8 cm³/mol. The quantitative estimate of drug-likeness (QED) is 0.618. The molecule has 1 rings (SSSR count).